The Morgan fingerprint density at radius 3 is 2.37 bits per heavy atom. The molecule has 0 bridgehead atoms. The number of aromatic nitrogens is 1. The number of fused-ring (bicyclic) bond motifs is 1. The Morgan fingerprint density at radius 2 is 1.73 bits per heavy atom. The maximum atomic E-state index is 9.74. The molecular weight excluding hydrogens is 376 g/mol. The van der Waals surface area contributed by atoms with Gasteiger partial charge in [0.1, 0.15) is 11.9 Å². The molecule has 1 unspecified atom stereocenters. The molecule has 1 fully saturated rings. The summed E-state index contributed by atoms with van der Waals surface area (Å²) in [6.45, 7) is 6.47. The van der Waals surface area contributed by atoms with Crippen molar-refractivity contribution in [3.05, 3.63) is 58.8 Å². The van der Waals surface area contributed by atoms with Gasteiger partial charge in [0.05, 0.1) is 25.5 Å². The predicted octanol–water partition coefficient (Wildman–Crippen LogP) is 3.89. The molecule has 1 saturated heterocycles. The second-order valence-corrected chi connectivity index (χ2v) is 7.62. The van der Waals surface area contributed by atoms with Gasteiger partial charge in [0, 0.05) is 36.4 Å². The van der Waals surface area contributed by atoms with Crippen LogP contribution in [-0.4, -0.2) is 38.8 Å². The molecule has 1 aliphatic heterocycles. The molecule has 3 aromatic rings. The zero-order chi connectivity index (χ0) is 21.3. The van der Waals surface area contributed by atoms with Gasteiger partial charge in [0.15, 0.2) is 11.5 Å². The van der Waals surface area contributed by atoms with E-state index in [1.165, 1.54) is 11.1 Å². The number of hydrogen-bond acceptors (Lipinski definition) is 6. The lowest BCUT2D eigenvalue weighted by molar-refractivity contribution is 0.356. The summed E-state index contributed by atoms with van der Waals surface area (Å²) in [6, 6.07) is 15.0. The van der Waals surface area contributed by atoms with E-state index in [0.717, 1.165) is 41.9 Å². The number of anilines is 1. The van der Waals surface area contributed by atoms with Crippen molar-refractivity contribution in [3.8, 4) is 17.6 Å². The van der Waals surface area contributed by atoms with E-state index in [-0.39, 0.29) is 6.04 Å². The SMILES string of the molecule is COc1cc2c(N3CCNC(c4ccc(C)cc4)C3)nc(C)c(C#N)c2cc1OC. The van der Waals surface area contributed by atoms with Crippen LogP contribution >= 0.6 is 0 Å². The number of nitrogens with zero attached hydrogens (tertiary/aromatic N) is 3. The molecule has 2 aromatic carbocycles. The molecular formula is C24H26N4O2. The fourth-order valence-corrected chi connectivity index (χ4v) is 4.09. The molecule has 0 radical (unpaired) electrons. The van der Waals surface area contributed by atoms with Gasteiger partial charge in [0.2, 0.25) is 0 Å². The van der Waals surface area contributed by atoms with Crippen molar-refractivity contribution in [2.45, 2.75) is 19.9 Å². The Labute approximate surface area is 177 Å². The van der Waals surface area contributed by atoms with Crippen LogP contribution in [-0.2, 0) is 0 Å². The van der Waals surface area contributed by atoms with Crippen LogP contribution in [0, 0.1) is 25.2 Å². The first-order chi connectivity index (χ1) is 14.5. The summed E-state index contributed by atoms with van der Waals surface area (Å²) in [5.41, 5.74) is 3.81. The van der Waals surface area contributed by atoms with Gasteiger partial charge < -0.3 is 19.7 Å². The molecule has 4 rings (SSSR count). The van der Waals surface area contributed by atoms with Crippen molar-refractivity contribution in [1.82, 2.24) is 10.3 Å². The first-order valence-corrected chi connectivity index (χ1v) is 10.1. The van der Waals surface area contributed by atoms with Gasteiger partial charge in [-0.1, -0.05) is 29.8 Å². The van der Waals surface area contributed by atoms with E-state index in [9.17, 15) is 5.26 Å². The minimum atomic E-state index is 0.215. The monoisotopic (exact) mass is 402 g/mol. The molecule has 1 N–H and O–H groups in total. The van der Waals surface area contributed by atoms with Crippen molar-refractivity contribution in [1.29, 1.82) is 5.26 Å². The van der Waals surface area contributed by atoms with Gasteiger partial charge in [-0.15, -0.1) is 0 Å². The molecule has 0 amide bonds. The van der Waals surface area contributed by atoms with Crippen LogP contribution in [0.5, 0.6) is 11.5 Å². The Bertz CT molecular complexity index is 1120. The summed E-state index contributed by atoms with van der Waals surface area (Å²) >= 11 is 0. The van der Waals surface area contributed by atoms with E-state index in [1.54, 1.807) is 14.2 Å². The molecule has 1 aromatic heterocycles. The highest BCUT2D eigenvalue weighted by Crippen LogP contribution is 2.38. The van der Waals surface area contributed by atoms with E-state index in [4.69, 9.17) is 14.5 Å². The van der Waals surface area contributed by atoms with Crippen LogP contribution in [0.15, 0.2) is 36.4 Å². The standard InChI is InChI=1S/C24H26N4O2/c1-15-5-7-17(8-6-15)21-14-28(10-9-26-21)24-19-12-23(30-4)22(29-3)11-18(19)20(13-25)16(2)27-24/h5-8,11-12,21,26H,9-10,14H2,1-4H3. The van der Waals surface area contributed by atoms with Crippen LogP contribution in [0.3, 0.4) is 0 Å². The van der Waals surface area contributed by atoms with E-state index in [2.05, 4.69) is 47.5 Å². The van der Waals surface area contributed by atoms with Gasteiger partial charge in [-0.3, -0.25) is 0 Å². The van der Waals surface area contributed by atoms with Crippen LogP contribution in [0.25, 0.3) is 10.8 Å². The number of nitrogens with one attached hydrogen (secondary N) is 1. The van der Waals surface area contributed by atoms with Gasteiger partial charge in [0.25, 0.3) is 0 Å². The van der Waals surface area contributed by atoms with Gasteiger partial charge in [-0.2, -0.15) is 5.26 Å². The first-order valence-electron chi connectivity index (χ1n) is 10.1. The van der Waals surface area contributed by atoms with Crippen molar-refractivity contribution >= 4 is 16.6 Å². The van der Waals surface area contributed by atoms with Crippen LogP contribution in [0.1, 0.15) is 28.4 Å². The second kappa shape index (κ2) is 8.21. The Balaban J connectivity index is 1.81. The van der Waals surface area contributed by atoms with Crippen molar-refractivity contribution in [2.75, 3.05) is 38.8 Å². The summed E-state index contributed by atoms with van der Waals surface area (Å²) in [4.78, 5) is 7.14. The molecule has 6 heteroatoms. The van der Waals surface area contributed by atoms with E-state index in [0.29, 0.717) is 17.1 Å². The average molecular weight is 402 g/mol. The van der Waals surface area contributed by atoms with Crippen LogP contribution in [0.4, 0.5) is 5.82 Å². The number of ether oxygens (including phenoxy) is 2. The Hall–Kier alpha value is -3.30. The van der Waals surface area contributed by atoms with Gasteiger partial charge >= 0.3 is 0 Å². The highest BCUT2D eigenvalue weighted by molar-refractivity contribution is 5.98. The zero-order valence-corrected chi connectivity index (χ0v) is 17.8. The van der Waals surface area contributed by atoms with E-state index in [1.807, 2.05) is 19.1 Å². The lowest BCUT2D eigenvalue weighted by Gasteiger charge is -2.35. The predicted molar refractivity (Wildman–Crippen MR) is 118 cm³/mol. The third kappa shape index (κ3) is 3.53. The van der Waals surface area contributed by atoms with Gasteiger partial charge in [-0.05, 0) is 31.5 Å². The largest absolute Gasteiger partial charge is 0.493 e. The van der Waals surface area contributed by atoms with E-state index < -0.39 is 0 Å². The number of nitriles is 1. The molecule has 30 heavy (non-hydrogen) atoms. The third-order valence-electron chi connectivity index (χ3n) is 5.74. The minimum absolute atomic E-state index is 0.215. The van der Waals surface area contributed by atoms with Crippen molar-refractivity contribution < 1.29 is 9.47 Å². The number of methoxy groups -OCH3 is 2. The highest BCUT2D eigenvalue weighted by atomic mass is 16.5. The lowest BCUT2D eigenvalue weighted by Crippen LogP contribution is -2.46. The molecule has 0 saturated carbocycles. The molecule has 1 aliphatic rings. The molecule has 0 aliphatic carbocycles. The lowest BCUT2D eigenvalue weighted by atomic mass is 10.0. The van der Waals surface area contributed by atoms with Crippen molar-refractivity contribution in [3.63, 3.8) is 0 Å². The third-order valence-corrected chi connectivity index (χ3v) is 5.74. The fourth-order valence-electron chi connectivity index (χ4n) is 4.09. The number of piperazine rings is 1. The number of aryl methyl sites for hydroxylation is 2. The van der Waals surface area contributed by atoms with Crippen LogP contribution < -0.4 is 19.7 Å². The number of hydrogen-bond donors (Lipinski definition) is 1. The number of benzene rings is 2. The minimum Gasteiger partial charge on any atom is -0.493 e. The number of rotatable bonds is 4. The molecule has 1 atom stereocenters. The second-order valence-electron chi connectivity index (χ2n) is 7.62. The maximum Gasteiger partial charge on any atom is 0.161 e. The quantitative estimate of drug-likeness (QED) is 0.714. The van der Waals surface area contributed by atoms with Gasteiger partial charge in [-0.25, -0.2) is 4.98 Å². The normalized spacial score (nSPS) is 16.4. The molecule has 6 nitrogen and oxygen atoms in total. The Morgan fingerprint density at radius 1 is 1.07 bits per heavy atom. The maximum absolute atomic E-state index is 9.74. The fraction of sp³-hybridized carbons (Fsp3) is 0.333. The summed E-state index contributed by atoms with van der Waals surface area (Å²) < 4.78 is 11.0. The van der Waals surface area contributed by atoms with Crippen LogP contribution in [0.2, 0.25) is 0 Å². The topological polar surface area (TPSA) is 70.4 Å². The smallest absolute Gasteiger partial charge is 0.161 e. The molecule has 0 spiro atoms. The highest BCUT2D eigenvalue weighted by Gasteiger charge is 2.25. The van der Waals surface area contributed by atoms with E-state index >= 15 is 0 Å². The summed E-state index contributed by atoms with van der Waals surface area (Å²) in [5.74, 6) is 2.11. The molecule has 2 heterocycles. The summed E-state index contributed by atoms with van der Waals surface area (Å²) in [7, 11) is 3.22. The zero-order valence-electron chi connectivity index (χ0n) is 17.8. The summed E-state index contributed by atoms with van der Waals surface area (Å²) in [5, 5.41) is 15.1. The van der Waals surface area contributed by atoms with Crippen molar-refractivity contribution in [2.24, 2.45) is 0 Å². The number of pyridine rings is 1. The summed E-state index contributed by atoms with van der Waals surface area (Å²) in [6.07, 6.45) is 0. The first kappa shape index (κ1) is 20.0. The Kier molecular flexibility index (Phi) is 5.47. The average Bonchev–Trinajstić information content (AvgIpc) is 2.78. The molecule has 154 valence electrons.